The van der Waals surface area contributed by atoms with E-state index in [0.29, 0.717) is 0 Å². The number of aryl methyl sites for hydroxylation is 2. The van der Waals surface area contributed by atoms with E-state index in [2.05, 4.69) is 78.6 Å². The van der Waals surface area contributed by atoms with Crippen molar-refractivity contribution in [2.24, 2.45) is 0 Å². The van der Waals surface area contributed by atoms with Gasteiger partial charge in [0.2, 0.25) is 0 Å². The van der Waals surface area contributed by atoms with E-state index in [-0.39, 0.29) is 0 Å². The number of fused-ring (bicyclic) bond motifs is 2. The largest absolute Gasteiger partial charge is 0.325 e. The van der Waals surface area contributed by atoms with Gasteiger partial charge in [0.1, 0.15) is 5.82 Å². The van der Waals surface area contributed by atoms with Gasteiger partial charge in [-0.25, -0.2) is 9.97 Å². The van der Waals surface area contributed by atoms with E-state index in [4.69, 9.17) is 9.97 Å². The van der Waals surface area contributed by atoms with Gasteiger partial charge >= 0.3 is 0 Å². The third kappa shape index (κ3) is 2.76. The van der Waals surface area contributed by atoms with Crippen LogP contribution in [0.3, 0.4) is 0 Å². The Hall–Kier alpha value is -3.20. The first kappa shape index (κ1) is 16.0. The molecule has 3 nitrogen and oxygen atoms in total. The highest BCUT2D eigenvalue weighted by Gasteiger charge is 2.22. The van der Waals surface area contributed by atoms with E-state index in [1.165, 1.54) is 16.8 Å². The van der Waals surface area contributed by atoms with E-state index in [9.17, 15) is 0 Å². The van der Waals surface area contributed by atoms with Crippen molar-refractivity contribution in [3.63, 3.8) is 0 Å². The second-order valence-corrected chi connectivity index (χ2v) is 7.09. The van der Waals surface area contributed by atoms with Crippen molar-refractivity contribution < 1.29 is 0 Å². The molecule has 0 unspecified atom stereocenters. The van der Waals surface area contributed by atoms with Gasteiger partial charge in [0.15, 0.2) is 5.82 Å². The van der Waals surface area contributed by atoms with Crippen LogP contribution in [-0.2, 0) is 6.42 Å². The van der Waals surface area contributed by atoms with Crippen molar-refractivity contribution in [3.05, 3.63) is 83.9 Å². The first-order chi connectivity index (χ1) is 13.3. The minimum Gasteiger partial charge on any atom is -0.325 e. The maximum atomic E-state index is 5.07. The van der Waals surface area contributed by atoms with Crippen molar-refractivity contribution in [2.45, 2.75) is 19.8 Å². The molecule has 0 bridgehead atoms. The fourth-order valence-corrected chi connectivity index (χ4v) is 3.96. The zero-order chi connectivity index (χ0) is 18.2. The lowest BCUT2D eigenvalue weighted by Gasteiger charge is -2.31. The lowest BCUT2D eigenvalue weighted by atomic mass is 10.0. The minimum atomic E-state index is 0.796. The molecule has 0 aliphatic carbocycles. The number of benzene rings is 3. The van der Waals surface area contributed by atoms with Crippen molar-refractivity contribution in [2.75, 3.05) is 11.4 Å². The Balaban J connectivity index is 1.76. The van der Waals surface area contributed by atoms with Crippen LogP contribution in [-0.4, -0.2) is 16.5 Å². The van der Waals surface area contributed by atoms with Gasteiger partial charge < -0.3 is 4.90 Å². The average molecular weight is 351 g/mol. The number of hydrogen-bond donors (Lipinski definition) is 0. The second kappa shape index (κ2) is 6.51. The highest BCUT2D eigenvalue weighted by Crippen LogP contribution is 2.37. The van der Waals surface area contributed by atoms with Gasteiger partial charge in [0.25, 0.3) is 0 Å². The fourth-order valence-electron chi connectivity index (χ4n) is 3.96. The molecule has 132 valence electrons. The average Bonchev–Trinajstić information content (AvgIpc) is 2.73. The molecule has 3 heteroatoms. The zero-order valence-electron chi connectivity index (χ0n) is 15.4. The SMILES string of the molecule is Cc1ccccc1-c1nc(N2CCCc3ccccc32)c2ccccc2n1. The van der Waals surface area contributed by atoms with Crippen LogP contribution < -0.4 is 4.90 Å². The molecule has 0 spiro atoms. The molecule has 1 aromatic heterocycles. The predicted octanol–water partition coefficient (Wildman–Crippen LogP) is 5.69. The predicted molar refractivity (Wildman–Crippen MR) is 111 cm³/mol. The van der Waals surface area contributed by atoms with Crippen LogP contribution in [0.5, 0.6) is 0 Å². The number of anilines is 2. The van der Waals surface area contributed by atoms with E-state index in [0.717, 1.165) is 47.5 Å². The molecule has 4 aromatic rings. The lowest BCUT2D eigenvalue weighted by molar-refractivity contribution is 0.761. The number of aromatic nitrogens is 2. The molecule has 1 aliphatic rings. The normalized spacial score (nSPS) is 13.6. The van der Waals surface area contributed by atoms with Gasteiger partial charge in [0, 0.05) is 23.2 Å². The first-order valence-corrected chi connectivity index (χ1v) is 9.49. The Kier molecular flexibility index (Phi) is 3.86. The highest BCUT2D eigenvalue weighted by molar-refractivity contribution is 5.93. The van der Waals surface area contributed by atoms with Crippen LogP contribution in [0.2, 0.25) is 0 Å². The molecular weight excluding hydrogens is 330 g/mol. The summed E-state index contributed by atoms with van der Waals surface area (Å²) in [5.74, 6) is 1.80. The molecule has 0 radical (unpaired) electrons. The molecule has 3 aromatic carbocycles. The Bertz CT molecular complexity index is 1130. The van der Waals surface area contributed by atoms with Gasteiger partial charge in [-0.3, -0.25) is 0 Å². The summed E-state index contributed by atoms with van der Waals surface area (Å²) >= 11 is 0. The molecular formula is C24H21N3. The Morgan fingerprint density at radius 3 is 2.52 bits per heavy atom. The van der Waals surface area contributed by atoms with Crippen LogP contribution in [0.15, 0.2) is 72.8 Å². The van der Waals surface area contributed by atoms with Crippen LogP contribution in [0, 0.1) is 6.92 Å². The maximum Gasteiger partial charge on any atom is 0.162 e. The highest BCUT2D eigenvalue weighted by atomic mass is 15.2. The summed E-state index contributed by atoms with van der Waals surface area (Å²) in [5.41, 5.74) is 5.93. The zero-order valence-corrected chi connectivity index (χ0v) is 15.4. The molecule has 0 saturated heterocycles. The smallest absolute Gasteiger partial charge is 0.162 e. The molecule has 27 heavy (non-hydrogen) atoms. The molecule has 0 saturated carbocycles. The van der Waals surface area contributed by atoms with Crippen LogP contribution in [0.1, 0.15) is 17.5 Å². The Morgan fingerprint density at radius 2 is 1.59 bits per heavy atom. The van der Waals surface area contributed by atoms with Crippen molar-refractivity contribution in [1.82, 2.24) is 9.97 Å². The van der Waals surface area contributed by atoms with Gasteiger partial charge in [-0.1, -0.05) is 54.6 Å². The summed E-state index contributed by atoms with van der Waals surface area (Å²) < 4.78 is 0. The quantitative estimate of drug-likeness (QED) is 0.464. The third-order valence-electron chi connectivity index (χ3n) is 5.33. The van der Waals surface area contributed by atoms with Gasteiger partial charge in [0.05, 0.1) is 5.52 Å². The molecule has 0 fully saturated rings. The molecule has 2 heterocycles. The van der Waals surface area contributed by atoms with E-state index < -0.39 is 0 Å². The monoisotopic (exact) mass is 351 g/mol. The third-order valence-corrected chi connectivity index (χ3v) is 5.33. The van der Waals surface area contributed by atoms with Crippen LogP contribution in [0.4, 0.5) is 11.5 Å². The second-order valence-electron chi connectivity index (χ2n) is 7.09. The van der Waals surface area contributed by atoms with Crippen molar-refractivity contribution in [1.29, 1.82) is 0 Å². The number of para-hydroxylation sites is 2. The molecule has 0 N–H and O–H groups in total. The minimum absolute atomic E-state index is 0.796. The number of rotatable bonds is 2. The standard InChI is InChI=1S/C24H21N3/c1-17-9-2-4-12-19(17)23-25-21-14-6-5-13-20(21)24(26-23)27-16-8-11-18-10-3-7-15-22(18)27/h2-7,9-10,12-15H,8,11,16H2,1H3. The molecule has 0 atom stereocenters. The number of nitrogens with zero attached hydrogens (tertiary/aromatic N) is 3. The first-order valence-electron chi connectivity index (χ1n) is 9.49. The van der Waals surface area contributed by atoms with Gasteiger partial charge in [-0.2, -0.15) is 0 Å². The van der Waals surface area contributed by atoms with Crippen LogP contribution >= 0.6 is 0 Å². The van der Waals surface area contributed by atoms with Gasteiger partial charge in [-0.05, 0) is 49.1 Å². The molecule has 5 rings (SSSR count). The van der Waals surface area contributed by atoms with Crippen molar-refractivity contribution >= 4 is 22.4 Å². The van der Waals surface area contributed by atoms with Crippen molar-refractivity contribution in [3.8, 4) is 11.4 Å². The maximum absolute atomic E-state index is 5.07. The summed E-state index contributed by atoms with van der Waals surface area (Å²) in [7, 11) is 0. The van der Waals surface area contributed by atoms with Crippen LogP contribution in [0.25, 0.3) is 22.3 Å². The molecule has 1 aliphatic heterocycles. The van der Waals surface area contributed by atoms with E-state index in [1.807, 2.05) is 6.07 Å². The Morgan fingerprint density at radius 1 is 0.815 bits per heavy atom. The summed E-state index contributed by atoms with van der Waals surface area (Å²) in [4.78, 5) is 12.3. The summed E-state index contributed by atoms with van der Waals surface area (Å²) in [6.07, 6.45) is 2.26. The molecule has 0 amide bonds. The van der Waals surface area contributed by atoms with E-state index in [1.54, 1.807) is 0 Å². The van der Waals surface area contributed by atoms with E-state index >= 15 is 0 Å². The van der Waals surface area contributed by atoms with Gasteiger partial charge in [-0.15, -0.1) is 0 Å². The lowest BCUT2D eigenvalue weighted by Crippen LogP contribution is -2.25. The number of hydrogen-bond acceptors (Lipinski definition) is 3. The summed E-state index contributed by atoms with van der Waals surface area (Å²) in [5, 5.41) is 1.10. The summed E-state index contributed by atoms with van der Waals surface area (Å²) in [6.45, 7) is 3.09. The summed E-state index contributed by atoms with van der Waals surface area (Å²) in [6, 6.07) is 25.3. The topological polar surface area (TPSA) is 29.0 Å². The Labute approximate surface area is 159 Å². The fraction of sp³-hybridized carbons (Fsp3) is 0.167.